The van der Waals surface area contributed by atoms with E-state index < -0.39 is 6.10 Å². The Labute approximate surface area is 63.0 Å². The molecule has 0 saturated carbocycles. The van der Waals surface area contributed by atoms with Crippen LogP contribution in [0.15, 0.2) is 6.20 Å². The van der Waals surface area contributed by atoms with E-state index in [1.165, 1.54) is 11.3 Å². The molecule has 0 bridgehead atoms. The Morgan fingerprint density at radius 2 is 2.50 bits per heavy atom. The first-order chi connectivity index (χ1) is 4.74. The first-order valence-corrected chi connectivity index (χ1v) is 3.79. The van der Waals surface area contributed by atoms with Crippen LogP contribution >= 0.6 is 11.3 Å². The average molecular weight is 159 g/mol. The number of hydrogen-bond acceptors (Lipinski definition) is 4. The van der Waals surface area contributed by atoms with Gasteiger partial charge in [0.2, 0.25) is 0 Å². The van der Waals surface area contributed by atoms with Gasteiger partial charge in [-0.3, -0.25) is 0 Å². The quantitative estimate of drug-likeness (QED) is 0.667. The van der Waals surface area contributed by atoms with Crippen molar-refractivity contribution in [3.8, 4) is 0 Å². The highest BCUT2D eigenvalue weighted by atomic mass is 32.1. The summed E-state index contributed by atoms with van der Waals surface area (Å²) >= 11 is 1.33. The van der Waals surface area contributed by atoms with Crippen LogP contribution in [-0.4, -0.2) is 15.2 Å². The molecule has 0 aromatic carbocycles. The highest BCUT2D eigenvalue weighted by molar-refractivity contribution is 7.11. The molecule has 3 nitrogen and oxygen atoms in total. The molecule has 2 N–H and O–H groups in total. The van der Waals surface area contributed by atoms with E-state index in [1.807, 2.05) is 0 Å². The van der Waals surface area contributed by atoms with Gasteiger partial charge in [-0.2, -0.15) is 0 Å². The van der Waals surface area contributed by atoms with Crippen molar-refractivity contribution < 1.29 is 10.2 Å². The number of thiazole rings is 1. The number of aliphatic hydroxyl groups excluding tert-OH is 2. The second-order valence-electron chi connectivity index (χ2n) is 2.00. The van der Waals surface area contributed by atoms with Crippen LogP contribution in [-0.2, 0) is 6.61 Å². The van der Waals surface area contributed by atoms with Crippen LogP contribution in [0.3, 0.4) is 0 Å². The third-order valence-corrected chi connectivity index (χ3v) is 2.24. The van der Waals surface area contributed by atoms with Gasteiger partial charge in [0, 0.05) is 6.20 Å². The fraction of sp³-hybridized carbons (Fsp3) is 0.500. The average Bonchev–Trinajstić information content (AvgIpc) is 2.34. The minimum absolute atomic E-state index is 0.00435. The van der Waals surface area contributed by atoms with Gasteiger partial charge in [0.05, 0.1) is 11.5 Å². The molecule has 0 spiro atoms. The van der Waals surface area contributed by atoms with Gasteiger partial charge in [0.1, 0.15) is 11.1 Å². The summed E-state index contributed by atoms with van der Waals surface area (Å²) in [5, 5.41) is 18.3. The molecule has 0 fully saturated rings. The maximum atomic E-state index is 9.00. The lowest BCUT2D eigenvalue weighted by molar-refractivity contribution is 0.199. The number of nitrogens with zero attached hydrogens (tertiary/aromatic N) is 1. The highest BCUT2D eigenvalue weighted by Gasteiger charge is 2.05. The summed E-state index contributed by atoms with van der Waals surface area (Å²) in [5.41, 5.74) is 0. The van der Waals surface area contributed by atoms with Crippen molar-refractivity contribution in [3.05, 3.63) is 16.1 Å². The van der Waals surface area contributed by atoms with Crippen LogP contribution < -0.4 is 0 Å². The summed E-state index contributed by atoms with van der Waals surface area (Å²) in [4.78, 5) is 4.68. The van der Waals surface area contributed by atoms with Gasteiger partial charge < -0.3 is 10.2 Å². The molecule has 0 saturated heterocycles. The summed E-state index contributed by atoms with van der Waals surface area (Å²) in [6, 6.07) is 0. The Morgan fingerprint density at radius 1 is 1.80 bits per heavy atom. The number of aromatic nitrogens is 1. The molecule has 0 aliphatic rings. The van der Waals surface area contributed by atoms with Crippen LogP contribution in [0, 0.1) is 0 Å². The van der Waals surface area contributed by atoms with Gasteiger partial charge in [0.15, 0.2) is 0 Å². The topological polar surface area (TPSA) is 53.4 Å². The molecule has 1 rings (SSSR count). The standard InChI is InChI=1S/C6H9NO2S/c1-4(9)6-7-2-5(3-8)10-6/h2,4,8-9H,3H2,1H3. The summed E-state index contributed by atoms with van der Waals surface area (Å²) in [6.07, 6.45) is 1.05. The molecule has 0 aliphatic heterocycles. The van der Waals surface area contributed by atoms with Crippen LogP contribution in [0.5, 0.6) is 0 Å². The molecular weight excluding hydrogens is 150 g/mol. The summed E-state index contributed by atoms with van der Waals surface area (Å²) in [5.74, 6) is 0. The van der Waals surface area contributed by atoms with Crippen molar-refractivity contribution in [3.63, 3.8) is 0 Å². The van der Waals surface area contributed by atoms with Gasteiger partial charge in [0.25, 0.3) is 0 Å². The van der Waals surface area contributed by atoms with Crippen molar-refractivity contribution in [2.24, 2.45) is 0 Å². The monoisotopic (exact) mass is 159 g/mol. The second kappa shape index (κ2) is 3.09. The second-order valence-corrected chi connectivity index (χ2v) is 3.15. The van der Waals surface area contributed by atoms with Gasteiger partial charge in [-0.1, -0.05) is 0 Å². The molecule has 4 heteroatoms. The van der Waals surface area contributed by atoms with Crippen LogP contribution in [0.25, 0.3) is 0 Å². The maximum absolute atomic E-state index is 9.00. The minimum atomic E-state index is -0.523. The molecule has 10 heavy (non-hydrogen) atoms. The van der Waals surface area contributed by atoms with E-state index in [-0.39, 0.29) is 6.61 Å². The largest absolute Gasteiger partial charge is 0.391 e. The van der Waals surface area contributed by atoms with Crippen molar-refractivity contribution in [2.45, 2.75) is 19.6 Å². The van der Waals surface area contributed by atoms with Crippen molar-refractivity contribution in [1.82, 2.24) is 4.98 Å². The first kappa shape index (κ1) is 7.65. The summed E-state index contributed by atoms with van der Waals surface area (Å²) in [6.45, 7) is 1.66. The Balaban J connectivity index is 2.78. The van der Waals surface area contributed by atoms with E-state index in [4.69, 9.17) is 10.2 Å². The van der Waals surface area contributed by atoms with Gasteiger partial charge in [-0.05, 0) is 6.92 Å². The third kappa shape index (κ3) is 1.53. The molecule has 0 aliphatic carbocycles. The lowest BCUT2D eigenvalue weighted by Gasteiger charge is -1.94. The van der Waals surface area contributed by atoms with Gasteiger partial charge in [-0.15, -0.1) is 11.3 Å². The normalized spacial score (nSPS) is 13.5. The fourth-order valence-electron chi connectivity index (χ4n) is 0.589. The van der Waals surface area contributed by atoms with Crippen LogP contribution in [0.1, 0.15) is 22.9 Å². The van der Waals surface area contributed by atoms with E-state index in [9.17, 15) is 0 Å². The molecule has 1 unspecified atom stereocenters. The molecule has 1 heterocycles. The summed E-state index contributed by atoms with van der Waals surface area (Å²) < 4.78 is 0. The van der Waals surface area contributed by atoms with Crippen LogP contribution in [0.2, 0.25) is 0 Å². The Bertz CT molecular complexity index is 209. The molecular formula is C6H9NO2S. The zero-order chi connectivity index (χ0) is 7.56. The minimum Gasteiger partial charge on any atom is -0.391 e. The smallest absolute Gasteiger partial charge is 0.121 e. The predicted octanol–water partition coefficient (Wildman–Crippen LogP) is 0.689. The number of hydrogen-bond donors (Lipinski definition) is 2. The maximum Gasteiger partial charge on any atom is 0.121 e. The van der Waals surface area contributed by atoms with Gasteiger partial charge >= 0.3 is 0 Å². The zero-order valence-corrected chi connectivity index (χ0v) is 6.43. The van der Waals surface area contributed by atoms with Crippen molar-refractivity contribution >= 4 is 11.3 Å². The molecule has 1 aromatic rings. The predicted molar refractivity (Wildman–Crippen MR) is 38.7 cm³/mol. The van der Waals surface area contributed by atoms with E-state index >= 15 is 0 Å². The summed E-state index contributed by atoms with van der Waals surface area (Å²) in [7, 11) is 0. The fourth-order valence-corrected chi connectivity index (χ4v) is 1.30. The highest BCUT2D eigenvalue weighted by Crippen LogP contribution is 2.18. The lowest BCUT2D eigenvalue weighted by atomic mass is 10.4. The van der Waals surface area contributed by atoms with E-state index in [0.717, 1.165) is 4.88 Å². The molecule has 0 radical (unpaired) electrons. The van der Waals surface area contributed by atoms with Crippen molar-refractivity contribution in [1.29, 1.82) is 0 Å². The van der Waals surface area contributed by atoms with E-state index in [2.05, 4.69) is 4.98 Å². The SMILES string of the molecule is CC(O)c1ncc(CO)s1. The number of rotatable bonds is 2. The Hall–Kier alpha value is -0.450. The molecule has 1 atom stereocenters. The van der Waals surface area contributed by atoms with E-state index in [1.54, 1.807) is 13.1 Å². The van der Waals surface area contributed by atoms with Crippen LogP contribution in [0.4, 0.5) is 0 Å². The van der Waals surface area contributed by atoms with Crippen molar-refractivity contribution in [2.75, 3.05) is 0 Å². The molecule has 1 aromatic heterocycles. The number of aliphatic hydroxyl groups is 2. The lowest BCUT2D eigenvalue weighted by Crippen LogP contribution is -1.86. The zero-order valence-electron chi connectivity index (χ0n) is 5.61. The molecule has 56 valence electrons. The Kier molecular flexibility index (Phi) is 2.37. The third-order valence-electron chi connectivity index (χ3n) is 1.08. The molecule has 0 amide bonds. The first-order valence-electron chi connectivity index (χ1n) is 2.97. The van der Waals surface area contributed by atoms with Gasteiger partial charge in [-0.25, -0.2) is 4.98 Å². The Morgan fingerprint density at radius 3 is 2.80 bits per heavy atom. The van der Waals surface area contributed by atoms with E-state index in [0.29, 0.717) is 5.01 Å².